The van der Waals surface area contributed by atoms with Crippen LogP contribution in [-0.2, 0) is 17.7 Å². The topological polar surface area (TPSA) is 93.7 Å². The molecule has 3 heterocycles. The van der Waals surface area contributed by atoms with E-state index in [1.807, 2.05) is 25.2 Å². The second-order valence-electron chi connectivity index (χ2n) is 10.1. The number of aromatic nitrogens is 3. The summed E-state index contributed by atoms with van der Waals surface area (Å²) in [6, 6.07) is 14.3. The number of nitrogens with one attached hydrogen (secondary N) is 1. The number of hydrogen-bond donors (Lipinski definition) is 2. The Labute approximate surface area is 224 Å². The van der Waals surface area contributed by atoms with E-state index in [2.05, 4.69) is 63.0 Å². The van der Waals surface area contributed by atoms with Crippen LogP contribution < -0.4 is 20.7 Å². The molecule has 0 saturated heterocycles. The van der Waals surface area contributed by atoms with Gasteiger partial charge in [0.1, 0.15) is 5.75 Å². The second-order valence-corrected chi connectivity index (χ2v) is 10.1. The van der Waals surface area contributed by atoms with E-state index in [4.69, 9.17) is 20.2 Å². The summed E-state index contributed by atoms with van der Waals surface area (Å²) in [5.74, 6) is 1.17. The van der Waals surface area contributed by atoms with Crippen molar-refractivity contribution in [1.29, 1.82) is 0 Å². The smallest absolute Gasteiger partial charge is 0.227 e. The maximum atomic E-state index is 6.47. The van der Waals surface area contributed by atoms with Gasteiger partial charge in [0.25, 0.3) is 0 Å². The van der Waals surface area contributed by atoms with Crippen molar-refractivity contribution in [2.45, 2.75) is 25.5 Å². The van der Waals surface area contributed by atoms with Gasteiger partial charge < -0.3 is 34.9 Å². The molecule has 1 aliphatic heterocycles. The summed E-state index contributed by atoms with van der Waals surface area (Å²) >= 11 is 0. The Balaban J connectivity index is 1.48. The predicted octanol–water partition coefficient (Wildman–Crippen LogP) is 4.39. The molecular formula is C29H37N7O2. The van der Waals surface area contributed by atoms with Crippen molar-refractivity contribution >= 4 is 33.9 Å². The maximum absolute atomic E-state index is 6.47. The number of nitrogen functional groups attached to an aromatic ring is 1. The van der Waals surface area contributed by atoms with Crippen molar-refractivity contribution in [2.24, 2.45) is 0 Å². The molecule has 0 bridgehead atoms. The summed E-state index contributed by atoms with van der Waals surface area (Å²) in [5.41, 5.74) is 13.3. The third-order valence-electron chi connectivity index (χ3n) is 7.30. The number of para-hydroxylation sites is 1. The second kappa shape index (κ2) is 10.9. The van der Waals surface area contributed by atoms with Crippen LogP contribution in [0.25, 0.3) is 22.2 Å². The molecule has 1 aliphatic rings. The third kappa shape index (κ3) is 4.99. The molecule has 0 saturated carbocycles. The maximum Gasteiger partial charge on any atom is 0.227 e. The van der Waals surface area contributed by atoms with Crippen molar-refractivity contribution in [2.75, 3.05) is 64.4 Å². The first-order chi connectivity index (χ1) is 18.4. The van der Waals surface area contributed by atoms with Crippen molar-refractivity contribution in [3.8, 4) is 17.0 Å². The summed E-state index contributed by atoms with van der Waals surface area (Å²) in [4.78, 5) is 13.7. The van der Waals surface area contributed by atoms with Gasteiger partial charge in [-0.25, -0.2) is 9.97 Å². The van der Waals surface area contributed by atoms with Gasteiger partial charge in [-0.15, -0.1) is 0 Å². The highest BCUT2D eigenvalue weighted by Crippen LogP contribution is 2.39. The SMILES string of the molecule is COc1cc(N(C)CCN(C)C)c(N)cc1Nc1nccc(-c2c3n(c4ccccc24)CC(OC)CC3)n1. The van der Waals surface area contributed by atoms with Gasteiger partial charge in [0.15, 0.2) is 0 Å². The summed E-state index contributed by atoms with van der Waals surface area (Å²) in [6.45, 7) is 2.61. The van der Waals surface area contributed by atoms with Crippen molar-refractivity contribution in [3.63, 3.8) is 0 Å². The lowest BCUT2D eigenvalue weighted by Crippen LogP contribution is -2.29. The van der Waals surface area contributed by atoms with E-state index in [0.29, 0.717) is 17.4 Å². The largest absolute Gasteiger partial charge is 0.494 e. The van der Waals surface area contributed by atoms with E-state index in [-0.39, 0.29) is 6.10 Å². The van der Waals surface area contributed by atoms with Crippen LogP contribution in [0.2, 0.25) is 0 Å². The molecule has 5 rings (SSSR count). The number of likely N-dealkylation sites (N-methyl/N-ethyl adjacent to an activating group) is 2. The number of nitrogens with zero attached hydrogens (tertiary/aromatic N) is 5. The number of methoxy groups -OCH3 is 2. The first-order valence-corrected chi connectivity index (χ1v) is 13.0. The van der Waals surface area contributed by atoms with Crippen molar-refractivity contribution < 1.29 is 9.47 Å². The lowest BCUT2D eigenvalue weighted by Gasteiger charge is -2.25. The number of anilines is 4. The van der Waals surface area contributed by atoms with Crippen LogP contribution in [0.3, 0.4) is 0 Å². The molecule has 4 aromatic rings. The third-order valence-corrected chi connectivity index (χ3v) is 7.30. The zero-order valence-corrected chi connectivity index (χ0v) is 22.9. The fraction of sp³-hybridized carbons (Fsp3) is 0.379. The Morgan fingerprint density at radius 3 is 2.68 bits per heavy atom. The number of fused-ring (bicyclic) bond motifs is 3. The Kier molecular flexibility index (Phi) is 7.40. The van der Waals surface area contributed by atoms with Crippen LogP contribution in [0.4, 0.5) is 23.0 Å². The van der Waals surface area contributed by atoms with Gasteiger partial charge in [-0.1, -0.05) is 18.2 Å². The van der Waals surface area contributed by atoms with Crippen molar-refractivity contribution in [3.05, 3.63) is 54.4 Å². The summed E-state index contributed by atoms with van der Waals surface area (Å²) in [6.07, 6.45) is 3.94. The summed E-state index contributed by atoms with van der Waals surface area (Å²) in [5, 5.41) is 4.54. The van der Waals surface area contributed by atoms with Gasteiger partial charge in [-0.2, -0.15) is 0 Å². The monoisotopic (exact) mass is 515 g/mol. The molecular weight excluding hydrogens is 478 g/mol. The van der Waals surface area contributed by atoms with Gasteiger partial charge in [0, 0.05) is 68.2 Å². The Bertz CT molecular complexity index is 1430. The molecule has 0 radical (unpaired) electrons. The molecule has 2 aromatic carbocycles. The van der Waals surface area contributed by atoms with E-state index in [1.54, 1.807) is 20.4 Å². The molecule has 9 heteroatoms. The molecule has 9 nitrogen and oxygen atoms in total. The van der Waals surface area contributed by atoms with Crippen LogP contribution in [0, 0.1) is 0 Å². The van der Waals surface area contributed by atoms with Gasteiger partial charge in [0.2, 0.25) is 5.95 Å². The fourth-order valence-electron chi connectivity index (χ4n) is 5.23. The lowest BCUT2D eigenvalue weighted by atomic mass is 10.0. The summed E-state index contributed by atoms with van der Waals surface area (Å²) < 4.78 is 13.8. The number of benzene rings is 2. The first kappa shape index (κ1) is 25.8. The first-order valence-electron chi connectivity index (χ1n) is 13.0. The number of nitrogens with two attached hydrogens (primary N) is 1. The normalized spacial score (nSPS) is 15.1. The predicted molar refractivity (Wildman–Crippen MR) is 155 cm³/mol. The highest BCUT2D eigenvalue weighted by molar-refractivity contribution is 5.97. The van der Waals surface area contributed by atoms with Crippen LogP contribution in [0.15, 0.2) is 48.7 Å². The highest BCUT2D eigenvalue weighted by atomic mass is 16.5. The molecule has 0 aliphatic carbocycles. The van der Waals surface area contributed by atoms with E-state index >= 15 is 0 Å². The molecule has 38 heavy (non-hydrogen) atoms. The average molecular weight is 516 g/mol. The summed E-state index contributed by atoms with van der Waals surface area (Å²) in [7, 11) is 9.60. The van der Waals surface area contributed by atoms with Gasteiger partial charge in [-0.3, -0.25) is 0 Å². The molecule has 2 aromatic heterocycles. The van der Waals surface area contributed by atoms with Crippen LogP contribution in [-0.4, -0.2) is 74.0 Å². The Morgan fingerprint density at radius 2 is 1.92 bits per heavy atom. The van der Waals surface area contributed by atoms with E-state index in [9.17, 15) is 0 Å². The highest BCUT2D eigenvalue weighted by Gasteiger charge is 2.26. The fourth-order valence-corrected chi connectivity index (χ4v) is 5.23. The number of hydrogen-bond acceptors (Lipinski definition) is 8. The minimum atomic E-state index is 0.219. The number of rotatable bonds is 9. The molecule has 3 N–H and O–H groups in total. The molecule has 200 valence electrons. The Hall–Kier alpha value is -3.82. The molecule has 1 unspecified atom stereocenters. The minimum Gasteiger partial charge on any atom is -0.494 e. The van der Waals surface area contributed by atoms with Gasteiger partial charge in [0.05, 0.1) is 36.0 Å². The van der Waals surface area contributed by atoms with Gasteiger partial charge >= 0.3 is 0 Å². The van der Waals surface area contributed by atoms with Crippen LogP contribution >= 0.6 is 0 Å². The quantitative estimate of drug-likeness (QED) is 0.317. The van der Waals surface area contributed by atoms with E-state index < -0.39 is 0 Å². The zero-order valence-electron chi connectivity index (χ0n) is 22.9. The van der Waals surface area contributed by atoms with E-state index in [0.717, 1.165) is 55.1 Å². The lowest BCUT2D eigenvalue weighted by molar-refractivity contribution is 0.0727. The number of ether oxygens (including phenoxy) is 2. The molecule has 0 amide bonds. The molecule has 1 atom stereocenters. The standard InChI is InChI=1S/C29H37N7O2/c1-34(2)14-15-35(3)26-17-27(38-5)23(16-21(26)30)33-29-31-13-12-22(32-29)28-20-8-6-7-9-24(20)36-18-19(37-4)10-11-25(28)36/h6-9,12-13,16-17,19H,10-11,14-15,18,30H2,1-5H3,(H,31,32,33). The molecule has 0 spiro atoms. The van der Waals surface area contributed by atoms with Crippen molar-refractivity contribution in [1.82, 2.24) is 19.4 Å². The van der Waals surface area contributed by atoms with Gasteiger partial charge in [-0.05, 0) is 45.1 Å². The minimum absolute atomic E-state index is 0.219. The van der Waals surface area contributed by atoms with Crippen LogP contribution in [0.1, 0.15) is 12.1 Å². The van der Waals surface area contributed by atoms with E-state index in [1.165, 1.54) is 16.6 Å². The zero-order chi connectivity index (χ0) is 26.8. The molecule has 0 fully saturated rings. The average Bonchev–Trinajstić information content (AvgIpc) is 3.25. The van der Waals surface area contributed by atoms with Crippen LogP contribution in [0.5, 0.6) is 5.75 Å². The Morgan fingerprint density at radius 1 is 1.11 bits per heavy atom.